The molecule has 0 saturated carbocycles. The highest BCUT2D eigenvalue weighted by atomic mass is 16.6. The number of carbonyl (C=O) groups is 1. The monoisotopic (exact) mass is 353 g/mol. The number of hydrogen-bond acceptors (Lipinski definition) is 5. The molecule has 0 fully saturated rings. The molecule has 1 atom stereocenters. The van der Waals surface area contributed by atoms with Crippen LogP contribution in [0.15, 0.2) is 63.9 Å². The summed E-state index contributed by atoms with van der Waals surface area (Å²) in [6.07, 6.45) is 3.58. The molecule has 0 radical (unpaired) electrons. The zero-order chi connectivity index (χ0) is 18.5. The maximum absolute atomic E-state index is 12.7. The van der Waals surface area contributed by atoms with Crippen LogP contribution in [0.4, 0.5) is 0 Å². The number of para-hydroxylation sites is 1. The van der Waals surface area contributed by atoms with E-state index >= 15 is 0 Å². The normalized spacial score (nSPS) is 18.4. The first-order chi connectivity index (χ1) is 12.6. The van der Waals surface area contributed by atoms with Gasteiger partial charge in [-0.3, -0.25) is 4.79 Å². The van der Waals surface area contributed by atoms with Gasteiger partial charge in [0.05, 0.1) is 11.3 Å². The van der Waals surface area contributed by atoms with Crippen LogP contribution < -0.4 is 0 Å². The predicted molar refractivity (Wildman–Crippen MR) is 101 cm³/mol. The van der Waals surface area contributed by atoms with Crippen LogP contribution in [0, 0.1) is 0 Å². The average Bonchev–Trinajstić information content (AvgIpc) is 3.05. The van der Waals surface area contributed by atoms with Gasteiger partial charge in [-0.2, -0.15) is 0 Å². The van der Waals surface area contributed by atoms with Crippen molar-refractivity contribution >= 4 is 22.5 Å². The van der Waals surface area contributed by atoms with Crippen LogP contribution in [-0.4, -0.2) is 23.2 Å². The molecular formula is C21H23NO4. The standard InChI is InChI=1S/C21H23NO4/c1-3-7-16(22-25-10-4-2)21-17(23)11-15(12-18(21)24)20-13-14-8-5-6-9-19(14)26-20/h4-6,8-9,13,15,23H,2-3,7,10-12H2,1H3. The number of allylic oxidation sites excluding steroid dienone is 2. The Morgan fingerprint density at radius 3 is 2.92 bits per heavy atom. The molecule has 2 aromatic rings. The van der Waals surface area contributed by atoms with Gasteiger partial charge >= 0.3 is 0 Å². The smallest absolute Gasteiger partial charge is 0.168 e. The van der Waals surface area contributed by atoms with E-state index in [4.69, 9.17) is 9.25 Å². The number of Topliss-reactive ketones (excluding diaryl/α,β-unsaturated/α-hetero) is 1. The van der Waals surface area contributed by atoms with Gasteiger partial charge in [0.15, 0.2) is 5.78 Å². The zero-order valence-electron chi connectivity index (χ0n) is 14.9. The van der Waals surface area contributed by atoms with Crippen molar-refractivity contribution in [2.75, 3.05) is 6.61 Å². The third-order valence-electron chi connectivity index (χ3n) is 4.43. The van der Waals surface area contributed by atoms with Crippen molar-refractivity contribution in [1.29, 1.82) is 0 Å². The zero-order valence-corrected chi connectivity index (χ0v) is 14.9. The van der Waals surface area contributed by atoms with E-state index in [0.29, 0.717) is 24.1 Å². The highest BCUT2D eigenvalue weighted by molar-refractivity contribution is 6.23. The van der Waals surface area contributed by atoms with Crippen molar-refractivity contribution in [2.24, 2.45) is 5.16 Å². The number of ketones is 1. The van der Waals surface area contributed by atoms with Crippen molar-refractivity contribution in [1.82, 2.24) is 0 Å². The van der Waals surface area contributed by atoms with E-state index in [9.17, 15) is 9.90 Å². The lowest BCUT2D eigenvalue weighted by Gasteiger charge is -2.22. The molecule has 1 aliphatic rings. The van der Waals surface area contributed by atoms with Gasteiger partial charge < -0.3 is 14.4 Å². The maximum atomic E-state index is 12.7. The van der Waals surface area contributed by atoms with E-state index in [1.807, 2.05) is 37.3 Å². The minimum Gasteiger partial charge on any atom is -0.511 e. The first kappa shape index (κ1) is 18.0. The minimum atomic E-state index is -0.171. The van der Waals surface area contributed by atoms with Gasteiger partial charge in [-0.25, -0.2) is 0 Å². The molecule has 136 valence electrons. The lowest BCUT2D eigenvalue weighted by molar-refractivity contribution is -0.116. The number of fused-ring (bicyclic) bond motifs is 1. The Balaban J connectivity index is 1.87. The van der Waals surface area contributed by atoms with Crippen LogP contribution in [0.2, 0.25) is 0 Å². The quantitative estimate of drug-likeness (QED) is 0.327. The summed E-state index contributed by atoms with van der Waals surface area (Å²) in [5, 5.41) is 15.6. The highest BCUT2D eigenvalue weighted by Gasteiger charge is 2.33. The number of oxime groups is 1. The second kappa shape index (κ2) is 8.04. The van der Waals surface area contributed by atoms with Crippen LogP contribution >= 0.6 is 0 Å². The summed E-state index contributed by atoms with van der Waals surface area (Å²) in [5.41, 5.74) is 1.58. The summed E-state index contributed by atoms with van der Waals surface area (Å²) in [7, 11) is 0. The molecule has 0 amide bonds. The maximum Gasteiger partial charge on any atom is 0.168 e. The molecule has 1 heterocycles. The van der Waals surface area contributed by atoms with Crippen molar-refractivity contribution < 1.29 is 19.2 Å². The second-order valence-corrected chi connectivity index (χ2v) is 6.41. The second-order valence-electron chi connectivity index (χ2n) is 6.41. The van der Waals surface area contributed by atoms with Gasteiger partial charge in [0.2, 0.25) is 0 Å². The minimum absolute atomic E-state index is 0.0566. The van der Waals surface area contributed by atoms with Crippen LogP contribution in [0.1, 0.15) is 44.3 Å². The Bertz CT molecular complexity index is 842. The molecule has 0 spiro atoms. The lowest BCUT2D eigenvalue weighted by atomic mass is 9.83. The molecule has 5 heteroatoms. The van der Waals surface area contributed by atoms with Crippen LogP contribution in [0.3, 0.4) is 0 Å². The number of nitrogens with zero attached hydrogens (tertiary/aromatic N) is 1. The first-order valence-electron chi connectivity index (χ1n) is 8.87. The molecule has 0 saturated heterocycles. The van der Waals surface area contributed by atoms with E-state index in [0.717, 1.165) is 23.2 Å². The van der Waals surface area contributed by atoms with Gasteiger partial charge in [0, 0.05) is 24.1 Å². The van der Waals surface area contributed by atoms with Gasteiger partial charge in [0.25, 0.3) is 0 Å². The summed E-state index contributed by atoms with van der Waals surface area (Å²) in [6, 6.07) is 9.66. The number of carbonyl (C=O) groups excluding carboxylic acids is 1. The molecule has 1 aromatic heterocycles. The number of rotatable bonds is 7. The molecule has 1 unspecified atom stereocenters. The van der Waals surface area contributed by atoms with Gasteiger partial charge in [-0.05, 0) is 18.6 Å². The Kier molecular flexibility index (Phi) is 5.56. The lowest BCUT2D eigenvalue weighted by Crippen LogP contribution is -2.24. The molecule has 0 bridgehead atoms. The van der Waals surface area contributed by atoms with E-state index in [1.165, 1.54) is 0 Å². The van der Waals surface area contributed by atoms with Crippen LogP contribution in [0.25, 0.3) is 11.0 Å². The number of furan rings is 1. The molecule has 1 N–H and O–H groups in total. The van der Waals surface area contributed by atoms with Crippen molar-refractivity contribution in [2.45, 2.75) is 38.5 Å². The molecule has 1 aliphatic carbocycles. The first-order valence-corrected chi connectivity index (χ1v) is 8.87. The van der Waals surface area contributed by atoms with E-state index in [-0.39, 0.29) is 30.5 Å². The molecular weight excluding hydrogens is 330 g/mol. The van der Waals surface area contributed by atoms with Gasteiger partial charge in [0.1, 0.15) is 23.7 Å². The topological polar surface area (TPSA) is 72.0 Å². The number of hydrogen-bond donors (Lipinski definition) is 1. The Labute approximate surface area is 152 Å². The Morgan fingerprint density at radius 1 is 1.42 bits per heavy atom. The summed E-state index contributed by atoms with van der Waals surface area (Å²) in [6.45, 7) is 5.83. The fourth-order valence-electron chi connectivity index (χ4n) is 3.25. The number of aliphatic hydroxyl groups excluding tert-OH is 1. The van der Waals surface area contributed by atoms with Crippen LogP contribution in [0.5, 0.6) is 0 Å². The van der Waals surface area contributed by atoms with Gasteiger partial charge in [-0.1, -0.05) is 49.4 Å². The summed E-state index contributed by atoms with van der Waals surface area (Å²) < 4.78 is 5.87. The van der Waals surface area contributed by atoms with E-state index in [2.05, 4.69) is 11.7 Å². The SMILES string of the molecule is C=CCON=C(CCC)C1=C(O)CC(c2cc3ccccc3o2)CC1=O. The Hall–Kier alpha value is -2.82. The fourth-order valence-corrected chi connectivity index (χ4v) is 3.25. The summed E-state index contributed by atoms with van der Waals surface area (Å²) >= 11 is 0. The fraction of sp³-hybridized carbons (Fsp3) is 0.333. The largest absolute Gasteiger partial charge is 0.511 e. The molecule has 1 aromatic carbocycles. The molecule has 3 rings (SSSR count). The average molecular weight is 353 g/mol. The van der Waals surface area contributed by atoms with Crippen molar-refractivity contribution in [3.05, 3.63) is 60.1 Å². The van der Waals surface area contributed by atoms with E-state index < -0.39 is 0 Å². The molecule has 0 aliphatic heterocycles. The predicted octanol–water partition coefficient (Wildman–Crippen LogP) is 5.05. The van der Waals surface area contributed by atoms with Crippen molar-refractivity contribution in [3.63, 3.8) is 0 Å². The van der Waals surface area contributed by atoms with E-state index in [1.54, 1.807) is 6.08 Å². The molecule has 5 nitrogen and oxygen atoms in total. The van der Waals surface area contributed by atoms with Crippen LogP contribution in [-0.2, 0) is 9.63 Å². The third kappa shape index (κ3) is 3.72. The highest BCUT2D eigenvalue weighted by Crippen LogP contribution is 2.37. The summed E-state index contributed by atoms with van der Waals surface area (Å²) in [4.78, 5) is 17.9. The Morgan fingerprint density at radius 2 is 2.23 bits per heavy atom. The summed E-state index contributed by atoms with van der Waals surface area (Å²) in [5.74, 6) is 0.479. The number of aliphatic hydroxyl groups is 1. The molecule has 26 heavy (non-hydrogen) atoms. The van der Waals surface area contributed by atoms with Crippen molar-refractivity contribution in [3.8, 4) is 0 Å². The number of benzene rings is 1. The van der Waals surface area contributed by atoms with Gasteiger partial charge in [-0.15, -0.1) is 0 Å². The third-order valence-corrected chi connectivity index (χ3v) is 4.43.